The normalized spacial score (nSPS) is 13.5. The predicted octanol–water partition coefficient (Wildman–Crippen LogP) is 1.89. The van der Waals surface area contributed by atoms with Gasteiger partial charge in [0.25, 0.3) is 0 Å². The van der Waals surface area contributed by atoms with E-state index in [-0.39, 0.29) is 40.0 Å². The van der Waals surface area contributed by atoms with Crippen LogP contribution in [-0.2, 0) is 16.0 Å². The Morgan fingerprint density at radius 1 is 1.04 bits per heavy atom. The summed E-state index contributed by atoms with van der Waals surface area (Å²) >= 11 is 0. The van der Waals surface area contributed by atoms with Gasteiger partial charge in [-0.3, -0.25) is 19.2 Å². The molecule has 0 spiro atoms. The van der Waals surface area contributed by atoms with Gasteiger partial charge in [-0.15, -0.1) is 0 Å². The van der Waals surface area contributed by atoms with Crippen LogP contribution in [0, 0.1) is 5.92 Å². The number of hydrogen-bond acceptors (Lipinski definition) is 6. The molecule has 1 aliphatic rings. The van der Waals surface area contributed by atoms with Crippen molar-refractivity contribution < 1.29 is 39.2 Å². The zero-order valence-corrected chi connectivity index (χ0v) is 14.8. The third-order valence-corrected chi connectivity index (χ3v) is 4.62. The fourth-order valence-corrected chi connectivity index (χ4v) is 3.36. The molecule has 1 atom stereocenters. The number of rotatable bonds is 6. The maximum atomic E-state index is 12.9. The zero-order chi connectivity index (χ0) is 20.6. The minimum atomic E-state index is -1.31. The molecular weight excluding hydrogens is 368 g/mol. The van der Waals surface area contributed by atoms with Crippen LogP contribution in [0.3, 0.4) is 0 Å². The number of carboxylic acid groups (broad SMARTS) is 2. The van der Waals surface area contributed by atoms with Crippen LogP contribution >= 0.6 is 0 Å². The van der Waals surface area contributed by atoms with E-state index in [0.29, 0.717) is 0 Å². The van der Waals surface area contributed by atoms with Crippen LogP contribution in [0.5, 0.6) is 11.5 Å². The fraction of sp³-hybridized carbons (Fsp3) is 0.200. The molecule has 0 saturated carbocycles. The molecule has 28 heavy (non-hydrogen) atoms. The maximum Gasteiger partial charge on any atom is 0.307 e. The van der Waals surface area contributed by atoms with Crippen LogP contribution in [-0.4, -0.2) is 45.9 Å². The van der Waals surface area contributed by atoms with Gasteiger partial charge in [0.05, 0.1) is 30.6 Å². The molecule has 8 nitrogen and oxygen atoms in total. The van der Waals surface area contributed by atoms with Crippen LogP contribution in [0.1, 0.15) is 43.8 Å². The molecule has 0 saturated heterocycles. The van der Waals surface area contributed by atoms with Gasteiger partial charge in [0, 0.05) is 11.1 Å². The van der Waals surface area contributed by atoms with Crippen molar-refractivity contribution in [2.24, 2.45) is 5.92 Å². The van der Waals surface area contributed by atoms with Crippen molar-refractivity contribution in [3.8, 4) is 11.5 Å². The van der Waals surface area contributed by atoms with Crippen LogP contribution in [0.4, 0.5) is 0 Å². The number of fused-ring (bicyclic) bond motifs is 2. The quantitative estimate of drug-likeness (QED) is 0.586. The van der Waals surface area contributed by atoms with E-state index in [1.54, 1.807) is 6.07 Å². The maximum absolute atomic E-state index is 12.9. The standard InChI is InChI=1S/C20H16O8/c1-28-14-4-2-3-11-17(14)19(25)16-12(18(11)24)6-9(7-13(16)21)5-10(20(26)27)8-15(22)23/h2-4,6-7,10,21H,5,8H2,1H3,(H,22,23)(H,26,27). The van der Waals surface area contributed by atoms with E-state index in [9.17, 15) is 29.4 Å². The molecule has 2 aromatic rings. The Labute approximate surface area is 159 Å². The van der Waals surface area contributed by atoms with Gasteiger partial charge in [-0.25, -0.2) is 0 Å². The average molecular weight is 384 g/mol. The minimum absolute atomic E-state index is 0.0554. The van der Waals surface area contributed by atoms with Gasteiger partial charge in [0.2, 0.25) is 5.78 Å². The molecule has 0 fully saturated rings. The highest BCUT2D eigenvalue weighted by Crippen LogP contribution is 2.37. The van der Waals surface area contributed by atoms with Crippen LogP contribution in [0.15, 0.2) is 30.3 Å². The number of hydrogen-bond donors (Lipinski definition) is 3. The number of carbonyl (C=O) groups excluding carboxylic acids is 2. The molecule has 0 amide bonds. The molecule has 3 N–H and O–H groups in total. The predicted molar refractivity (Wildman–Crippen MR) is 95.0 cm³/mol. The highest BCUT2D eigenvalue weighted by molar-refractivity contribution is 6.30. The summed E-state index contributed by atoms with van der Waals surface area (Å²) in [7, 11) is 1.36. The molecule has 3 rings (SSSR count). The van der Waals surface area contributed by atoms with E-state index in [4.69, 9.17) is 9.84 Å². The second-order valence-corrected chi connectivity index (χ2v) is 6.42. The third kappa shape index (κ3) is 3.20. The average Bonchev–Trinajstić information content (AvgIpc) is 2.64. The number of benzene rings is 2. The summed E-state index contributed by atoms with van der Waals surface area (Å²) in [6, 6.07) is 7.07. The number of aliphatic carboxylic acids is 2. The molecule has 8 heteroatoms. The molecule has 144 valence electrons. The zero-order valence-electron chi connectivity index (χ0n) is 14.8. The second-order valence-electron chi connectivity index (χ2n) is 6.42. The number of ketones is 2. The third-order valence-electron chi connectivity index (χ3n) is 4.62. The number of carbonyl (C=O) groups is 4. The van der Waals surface area contributed by atoms with E-state index in [2.05, 4.69) is 0 Å². The summed E-state index contributed by atoms with van der Waals surface area (Å²) in [5.41, 5.74) is 0.182. The smallest absolute Gasteiger partial charge is 0.307 e. The van der Waals surface area contributed by atoms with Crippen molar-refractivity contribution in [1.82, 2.24) is 0 Å². The van der Waals surface area contributed by atoms with Gasteiger partial charge in [0.15, 0.2) is 5.78 Å². The van der Waals surface area contributed by atoms with Gasteiger partial charge in [-0.1, -0.05) is 12.1 Å². The van der Waals surface area contributed by atoms with E-state index in [0.717, 1.165) is 0 Å². The minimum Gasteiger partial charge on any atom is -0.507 e. The van der Waals surface area contributed by atoms with Crippen LogP contribution in [0.25, 0.3) is 0 Å². The number of aromatic hydroxyl groups is 1. The highest BCUT2D eigenvalue weighted by atomic mass is 16.5. The van der Waals surface area contributed by atoms with E-state index in [1.807, 2.05) is 0 Å². The molecule has 1 unspecified atom stereocenters. The highest BCUT2D eigenvalue weighted by Gasteiger charge is 2.35. The molecule has 2 aromatic carbocycles. The van der Waals surface area contributed by atoms with Gasteiger partial charge < -0.3 is 20.1 Å². The monoisotopic (exact) mass is 384 g/mol. The lowest BCUT2D eigenvalue weighted by Gasteiger charge is -2.21. The fourth-order valence-electron chi connectivity index (χ4n) is 3.36. The van der Waals surface area contributed by atoms with Crippen molar-refractivity contribution >= 4 is 23.5 Å². The number of ether oxygens (including phenoxy) is 1. The number of phenols is 1. The Bertz CT molecular complexity index is 1020. The first-order valence-electron chi connectivity index (χ1n) is 8.31. The number of phenolic OH excluding ortho intramolecular Hbond substituents is 1. The Hall–Kier alpha value is -3.68. The summed E-state index contributed by atoms with van der Waals surface area (Å²) in [5.74, 6) is -5.17. The molecular formula is C20H16O8. The van der Waals surface area contributed by atoms with Crippen molar-refractivity contribution in [2.75, 3.05) is 7.11 Å². The van der Waals surface area contributed by atoms with Crippen LogP contribution < -0.4 is 4.74 Å². The first-order chi connectivity index (χ1) is 13.2. The summed E-state index contributed by atoms with van der Waals surface area (Å²) in [6.45, 7) is 0. The molecule has 0 radical (unpaired) electrons. The lowest BCUT2D eigenvalue weighted by Crippen LogP contribution is -2.23. The first-order valence-corrected chi connectivity index (χ1v) is 8.31. The largest absolute Gasteiger partial charge is 0.507 e. The summed E-state index contributed by atoms with van der Waals surface area (Å²) in [5, 5.41) is 28.5. The Morgan fingerprint density at radius 3 is 2.36 bits per heavy atom. The van der Waals surface area contributed by atoms with Crippen LogP contribution in [0.2, 0.25) is 0 Å². The second kappa shape index (κ2) is 7.15. The van der Waals surface area contributed by atoms with Crippen molar-refractivity contribution in [2.45, 2.75) is 12.8 Å². The Morgan fingerprint density at radius 2 is 1.75 bits per heavy atom. The van der Waals surface area contributed by atoms with E-state index < -0.39 is 41.6 Å². The lowest BCUT2D eigenvalue weighted by atomic mass is 9.81. The van der Waals surface area contributed by atoms with Crippen molar-refractivity contribution in [3.05, 3.63) is 58.1 Å². The Balaban J connectivity index is 2.08. The number of methoxy groups -OCH3 is 1. The van der Waals surface area contributed by atoms with Gasteiger partial charge in [-0.2, -0.15) is 0 Å². The molecule has 0 aromatic heterocycles. The Kier molecular flexibility index (Phi) is 4.87. The number of carboxylic acids is 2. The van der Waals surface area contributed by atoms with Crippen molar-refractivity contribution in [3.63, 3.8) is 0 Å². The summed E-state index contributed by atoms with van der Waals surface area (Å²) in [4.78, 5) is 47.9. The molecule has 1 aliphatic carbocycles. The molecule has 0 heterocycles. The van der Waals surface area contributed by atoms with Gasteiger partial charge in [0.1, 0.15) is 11.5 Å². The summed E-state index contributed by atoms with van der Waals surface area (Å²) in [6.07, 6.45) is -0.824. The van der Waals surface area contributed by atoms with Gasteiger partial charge in [-0.05, 0) is 30.2 Å². The first kappa shape index (κ1) is 19.1. The van der Waals surface area contributed by atoms with E-state index >= 15 is 0 Å². The SMILES string of the molecule is COc1cccc2c1C(=O)c1c(O)cc(CC(CC(=O)O)C(=O)O)cc1C2=O. The van der Waals surface area contributed by atoms with Crippen molar-refractivity contribution in [1.29, 1.82) is 0 Å². The van der Waals surface area contributed by atoms with E-state index in [1.165, 1.54) is 31.4 Å². The molecule has 0 aliphatic heterocycles. The summed E-state index contributed by atoms with van der Waals surface area (Å²) < 4.78 is 5.15. The lowest BCUT2D eigenvalue weighted by molar-refractivity contribution is -0.148. The molecule has 0 bridgehead atoms. The van der Waals surface area contributed by atoms with Gasteiger partial charge >= 0.3 is 11.9 Å². The topological polar surface area (TPSA) is 138 Å².